The number of nitrogens with zero attached hydrogens (tertiary/aromatic N) is 1. The first-order valence-electron chi connectivity index (χ1n) is 8.18. The number of amides is 3. The Balaban J connectivity index is 1.67. The van der Waals surface area contributed by atoms with Crippen LogP contribution in [0.3, 0.4) is 0 Å². The number of aliphatic carboxylic acids is 1. The second-order valence-corrected chi connectivity index (χ2v) is 7.33. The minimum atomic E-state index is -1.18. The smallest absolute Gasteiger partial charge is 0.329 e. The Morgan fingerprint density at radius 1 is 1.12 bits per heavy atom. The number of hydrogen-bond donors (Lipinski definition) is 3. The molecule has 3 N–H and O–H groups in total. The number of para-hydroxylation sites is 1. The van der Waals surface area contributed by atoms with Gasteiger partial charge in [0.15, 0.2) is 0 Å². The standard InChI is InChI=1S/C18H19N3O4S/c1-18(16(23)24)10-5-11-21(18)15(22)13-8-9-14(26-13)20-17(25)19-12-6-3-2-4-7-12/h2-4,6-9H,5,10-11H2,1H3,(H,23,24)(H2,19,20,25). The molecule has 2 heterocycles. The molecule has 1 aliphatic heterocycles. The van der Waals surface area contributed by atoms with Crippen LogP contribution in [0.1, 0.15) is 29.4 Å². The number of nitrogens with one attached hydrogen (secondary N) is 2. The van der Waals surface area contributed by atoms with Gasteiger partial charge in [0.05, 0.1) is 9.88 Å². The lowest BCUT2D eigenvalue weighted by Gasteiger charge is -2.30. The predicted molar refractivity (Wildman–Crippen MR) is 99.7 cm³/mol. The van der Waals surface area contributed by atoms with Crippen molar-refractivity contribution in [3.05, 3.63) is 47.3 Å². The zero-order valence-corrected chi connectivity index (χ0v) is 15.0. The van der Waals surface area contributed by atoms with Crippen molar-refractivity contribution in [3.63, 3.8) is 0 Å². The second kappa shape index (κ2) is 7.17. The van der Waals surface area contributed by atoms with Crippen LogP contribution in [0.25, 0.3) is 0 Å². The fraction of sp³-hybridized carbons (Fsp3) is 0.278. The van der Waals surface area contributed by atoms with E-state index in [-0.39, 0.29) is 5.91 Å². The predicted octanol–water partition coefficient (Wildman–Crippen LogP) is 3.47. The van der Waals surface area contributed by atoms with Crippen LogP contribution in [-0.4, -0.2) is 40.0 Å². The summed E-state index contributed by atoms with van der Waals surface area (Å²) in [6.07, 6.45) is 1.09. The number of urea groups is 1. The molecule has 1 aromatic carbocycles. The van der Waals surface area contributed by atoms with Crippen LogP contribution in [0.2, 0.25) is 0 Å². The Hall–Kier alpha value is -2.87. The van der Waals surface area contributed by atoms with Crippen molar-refractivity contribution in [2.75, 3.05) is 17.2 Å². The lowest BCUT2D eigenvalue weighted by atomic mass is 9.99. The van der Waals surface area contributed by atoms with Gasteiger partial charge >= 0.3 is 12.0 Å². The fourth-order valence-corrected chi connectivity index (χ4v) is 3.81. The van der Waals surface area contributed by atoms with Crippen LogP contribution in [0.4, 0.5) is 15.5 Å². The molecule has 26 heavy (non-hydrogen) atoms. The molecule has 136 valence electrons. The molecule has 1 atom stereocenters. The lowest BCUT2D eigenvalue weighted by molar-refractivity contribution is -0.147. The van der Waals surface area contributed by atoms with Crippen LogP contribution < -0.4 is 10.6 Å². The van der Waals surface area contributed by atoms with Gasteiger partial charge in [-0.15, -0.1) is 11.3 Å². The van der Waals surface area contributed by atoms with Gasteiger partial charge in [0.25, 0.3) is 5.91 Å². The Morgan fingerprint density at radius 3 is 2.54 bits per heavy atom. The molecule has 0 radical (unpaired) electrons. The van der Waals surface area contributed by atoms with E-state index in [9.17, 15) is 19.5 Å². The molecule has 1 aliphatic rings. The molecule has 1 saturated heterocycles. The second-order valence-electron chi connectivity index (χ2n) is 6.25. The summed E-state index contributed by atoms with van der Waals surface area (Å²) in [5.74, 6) is -1.32. The van der Waals surface area contributed by atoms with Gasteiger partial charge < -0.3 is 15.3 Å². The van der Waals surface area contributed by atoms with Gasteiger partial charge in [-0.05, 0) is 44.0 Å². The summed E-state index contributed by atoms with van der Waals surface area (Å²) < 4.78 is 0. The number of carboxylic acid groups (broad SMARTS) is 1. The van der Waals surface area contributed by atoms with Crippen molar-refractivity contribution in [1.82, 2.24) is 4.90 Å². The molecule has 0 bridgehead atoms. The van der Waals surface area contributed by atoms with Crippen LogP contribution in [-0.2, 0) is 4.79 Å². The summed E-state index contributed by atoms with van der Waals surface area (Å²) in [6, 6.07) is 11.8. The molecular weight excluding hydrogens is 354 g/mol. The number of thiophene rings is 1. The highest BCUT2D eigenvalue weighted by molar-refractivity contribution is 7.18. The number of anilines is 2. The zero-order chi connectivity index (χ0) is 18.7. The summed E-state index contributed by atoms with van der Waals surface area (Å²) in [6.45, 7) is 1.98. The van der Waals surface area contributed by atoms with Crippen LogP contribution in [0, 0.1) is 0 Å². The molecule has 1 unspecified atom stereocenters. The van der Waals surface area contributed by atoms with Crippen LogP contribution in [0.15, 0.2) is 42.5 Å². The molecule has 2 aromatic rings. The highest BCUT2D eigenvalue weighted by Gasteiger charge is 2.46. The third-order valence-electron chi connectivity index (χ3n) is 4.43. The minimum absolute atomic E-state index is 0.325. The highest BCUT2D eigenvalue weighted by atomic mass is 32.1. The number of carbonyl (C=O) groups is 3. The van der Waals surface area contributed by atoms with E-state index in [0.717, 1.165) is 11.3 Å². The van der Waals surface area contributed by atoms with Crippen molar-refractivity contribution >= 4 is 39.9 Å². The van der Waals surface area contributed by atoms with Crippen molar-refractivity contribution < 1.29 is 19.5 Å². The minimum Gasteiger partial charge on any atom is -0.480 e. The van der Waals surface area contributed by atoms with Gasteiger partial charge in [0.2, 0.25) is 0 Å². The normalized spacial score (nSPS) is 19.2. The number of rotatable bonds is 4. The topological polar surface area (TPSA) is 98.7 Å². The van der Waals surface area contributed by atoms with E-state index < -0.39 is 17.5 Å². The van der Waals surface area contributed by atoms with Crippen molar-refractivity contribution in [2.24, 2.45) is 0 Å². The number of hydrogen-bond acceptors (Lipinski definition) is 4. The number of carboxylic acids is 1. The van der Waals surface area contributed by atoms with E-state index in [1.165, 1.54) is 4.90 Å². The monoisotopic (exact) mass is 373 g/mol. The van der Waals surface area contributed by atoms with E-state index in [4.69, 9.17) is 0 Å². The van der Waals surface area contributed by atoms with Crippen LogP contribution in [0.5, 0.6) is 0 Å². The maximum Gasteiger partial charge on any atom is 0.329 e. The van der Waals surface area contributed by atoms with E-state index in [1.807, 2.05) is 18.2 Å². The van der Waals surface area contributed by atoms with E-state index in [0.29, 0.717) is 35.0 Å². The van der Waals surface area contributed by atoms with Gasteiger partial charge in [-0.2, -0.15) is 0 Å². The summed E-state index contributed by atoms with van der Waals surface area (Å²) >= 11 is 1.12. The number of benzene rings is 1. The summed E-state index contributed by atoms with van der Waals surface area (Å²) in [5.41, 5.74) is -0.522. The summed E-state index contributed by atoms with van der Waals surface area (Å²) in [7, 11) is 0. The quantitative estimate of drug-likeness (QED) is 0.764. The lowest BCUT2D eigenvalue weighted by Crippen LogP contribution is -2.50. The average Bonchev–Trinajstić information content (AvgIpc) is 3.22. The maximum absolute atomic E-state index is 12.7. The molecule has 0 saturated carbocycles. The highest BCUT2D eigenvalue weighted by Crippen LogP contribution is 2.33. The van der Waals surface area contributed by atoms with Crippen molar-refractivity contribution in [2.45, 2.75) is 25.3 Å². The van der Waals surface area contributed by atoms with E-state index >= 15 is 0 Å². The number of carbonyl (C=O) groups excluding carboxylic acids is 2. The SMILES string of the molecule is CC1(C(=O)O)CCCN1C(=O)c1ccc(NC(=O)Nc2ccccc2)s1. The molecule has 7 nitrogen and oxygen atoms in total. The summed E-state index contributed by atoms with van der Waals surface area (Å²) in [4.78, 5) is 38.1. The first kappa shape index (κ1) is 17.9. The van der Waals surface area contributed by atoms with Gasteiger partial charge in [0, 0.05) is 12.2 Å². The van der Waals surface area contributed by atoms with Gasteiger partial charge in [-0.1, -0.05) is 18.2 Å². The molecule has 0 spiro atoms. The van der Waals surface area contributed by atoms with E-state index in [2.05, 4.69) is 10.6 Å². The molecule has 3 amide bonds. The molecule has 1 aromatic heterocycles. The van der Waals surface area contributed by atoms with Gasteiger partial charge in [-0.3, -0.25) is 10.1 Å². The molecule has 0 aliphatic carbocycles. The van der Waals surface area contributed by atoms with Gasteiger partial charge in [-0.25, -0.2) is 9.59 Å². The number of likely N-dealkylation sites (tertiary alicyclic amines) is 1. The van der Waals surface area contributed by atoms with Crippen molar-refractivity contribution in [3.8, 4) is 0 Å². The average molecular weight is 373 g/mol. The zero-order valence-electron chi connectivity index (χ0n) is 14.2. The van der Waals surface area contributed by atoms with E-state index in [1.54, 1.807) is 31.2 Å². The third-order valence-corrected chi connectivity index (χ3v) is 5.42. The van der Waals surface area contributed by atoms with Crippen LogP contribution >= 0.6 is 11.3 Å². The Labute approximate surface area is 154 Å². The van der Waals surface area contributed by atoms with Gasteiger partial charge in [0.1, 0.15) is 5.54 Å². The van der Waals surface area contributed by atoms with Crippen molar-refractivity contribution in [1.29, 1.82) is 0 Å². The molecular formula is C18H19N3O4S. The molecule has 3 rings (SSSR count). The first-order chi connectivity index (χ1) is 12.4. The Morgan fingerprint density at radius 2 is 1.85 bits per heavy atom. The molecule has 8 heteroatoms. The Bertz CT molecular complexity index is 836. The Kier molecular flexibility index (Phi) is 4.94. The first-order valence-corrected chi connectivity index (χ1v) is 9.00. The molecule has 1 fully saturated rings. The largest absolute Gasteiger partial charge is 0.480 e. The fourth-order valence-electron chi connectivity index (χ4n) is 2.96. The third kappa shape index (κ3) is 3.55. The summed E-state index contributed by atoms with van der Waals surface area (Å²) in [5, 5.41) is 15.3. The maximum atomic E-state index is 12.7.